The normalized spacial score (nSPS) is 14.8. The lowest BCUT2D eigenvalue weighted by Crippen LogP contribution is -2.48. The third-order valence-electron chi connectivity index (χ3n) is 5.20. The lowest BCUT2D eigenvalue weighted by molar-refractivity contribution is 0.0594. The molecule has 4 rings (SSSR count). The molecule has 0 aliphatic carbocycles. The Balaban J connectivity index is 1.28. The molecule has 0 radical (unpaired) electrons. The molecule has 1 aliphatic heterocycles. The van der Waals surface area contributed by atoms with Gasteiger partial charge in [-0.2, -0.15) is 5.10 Å². The number of halogens is 1. The lowest BCUT2D eigenvalue weighted by atomic mass is 10.2. The molecule has 158 valence electrons. The number of benzene rings is 1. The van der Waals surface area contributed by atoms with Crippen LogP contribution in [0.2, 0.25) is 5.02 Å². The number of carbonyl (C=O) groups is 1. The molecule has 8 heteroatoms. The van der Waals surface area contributed by atoms with E-state index in [2.05, 4.69) is 10.00 Å². The molecule has 3 heterocycles. The van der Waals surface area contributed by atoms with Gasteiger partial charge in [0.15, 0.2) is 5.76 Å². The fourth-order valence-corrected chi connectivity index (χ4v) is 3.80. The quantitative estimate of drug-likeness (QED) is 0.601. The van der Waals surface area contributed by atoms with E-state index >= 15 is 0 Å². The predicted molar refractivity (Wildman–Crippen MR) is 114 cm³/mol. The number of furan rings is 1. The van der Waals surface area contributed by atoms with E-state index in [1.54, 1.807) is 18.2 Å². The van der Waals surface area contributed by atoms with Crippen molar-refractivity contribution >= 4 is 17.5 Å². The van der Waals surface area contributed by atoms with Crippen LogP contribution in [0.25, 0.3) is 0 Å². The zero-order chi connectivity index (χ0) is 21.1. The third-order valence-corrected chi connectivity index (χ3v) is 5.44. The largest absolute Gasteiger partial charge is 0.485 e. The van der Waals surface area contributed by atoms with Crippen LogP contribution < -0.4 is 4.74 Å². The molecule has 1 fully saturated rings. The van der Waals surface area contributed by atoms with Crippen molar-refractivity contribution in [3.63, 3.8) is 0 Å². The molecule has 0 N–H and O–H groups in total. The monoisotopic (exact) mass is 428 g/mol. The summed E-state index contributed by atoms with van der Waals surface area (Å²) in [4.78, 5) is 17.0. The molecule has 1 saturated heterocycles. The molecule has 0 atom stereocenters. The van der Waals surface area contributed by atoms with Crippen molar-refractivity contribution in [3.8, 4) is 5.75 Å². The second-order valence-electron chi connectivity index (χ2n) is 7.56. The number of aromatic nitrogens is 2. The molecule has 0 saturated carbocycles. The minimum absolute atomic E-state index is 0.0787. The van der Waals surface area contributed by atoms with Gasteiger partial charge in [0, 0.05) is 56.6 Å². The summed E-state index contributed by atoms with van der Waals surface area (Å²) < 4.78 is 13.3. The lowest BCUT2D eigenvalue weighted by Gasteiger charge is -2.34. The second-order valence-corrected chi connectivity index (χ2v) is 7.99. The summed E-state index contributed by atoms with van der Waals surface area (Å²) in [5.41, 5.74) is 2.14. The van der Waals surface area contributed by atoms with Crippen LogP contribution in [0.3, 0.4) is 0 Å². The molecular formula is C22H25ClN4O3. The van der Waals surface area contributed by atoms with Gasteiger partial charge in [0.1, 0.15) is 18.1 Å². The fourth-order valence-electron chi connectivity index (χ4n) is 3.57. The number of aryl methyl sites for hydroxylation is 2. The summed E-state index contributed by atoms with van der Waals surface area (Å²) in [6, 6.07) is 8.98. The van der Waals surface area contributed by atoms with E-state index in [0.29, 0.717) is 29.6 Å². The number of piperazine rings is 1. The SMILES string of the molecule is Cc1cc(Cl)ccc1OCc1ccc(C(=O)N2CCN(Cc3cnn(C)c3)CC2)o1. The Morgan fingerprint density at radius 1 is 1.20 bits per heavy atom. The minimum atomic E-state index is -0.0787. The summed E-state index contributed by atoms with van der Waals surface area (Å²) in [5.74, 6) is 1.63. The summed E-state index contributed by atoms with van der Waals surface area (Å²) in [6.07, 6.45) is 3.91. The average Bonchev–Trinajstić information content (AvgIpc) is 3.36. The minimum Gasteiger partial charge on any atom is -0.485 e. The molecule has 0 spiro atoms. The zero-order valence-corrected chi connectivity index (χ0v) is 17.9. The van der Waals surface area contributed by atoms with Crippen LogP contribution in [0, 0.1) is 6.92 Å². The smallest absolute Gasteiger partial charge is 0.289 e. The van der Waals surface area contributed by atoms with Gasteiger partial charge in [-0.25, -0.2) is 0 Å². The van der Waals surface area contributed by atoms with Gasteiger partial charge < -0.3 is 14.1 Å². The van der Waals surface area contributed by atoms with Gasteiger partial charge in [-0.05, 0) is 42.8 Å². The summed E-state index contributed by atoms with van der Waals surface area (Å²) >= 11 is 5.97. The van der Waals surface area contributed by atoms with Crippen molar-refractivity contribution in [1.29, 1.82) is 0 Å². The number of nitrogens with zero attached hydrogens (tertiary/aromatic N) is 4. The van der Waals surface area contributed by atoms with E-state index in [4.69, 9.17) is 20.8 Å². The number of amides is 1. The van der Waals surface area contributed by atoms with Gasteiger partial charge in [-0.3, -0.25) is 14.4 Å². The molecule has 1 aromatic carbocycles. The van der Waals surface area contributed by atoms with Gasteiger partial charge in [0.05, 0.1) is 6.20 Å². The van der Waals surface area contributed by atoms with E-state index in [-0.39, 0.29) is 12.5 Å². The van der Waals surface area contributed by atoms with Crippen LogP contribution in [0.1, 0.15) is 27.4 Å². The van der Waals surface area contributed by atoms with E-state index in [0.717, 1.165) is 30.9 Å². The Bertz CT molecular complexity index is 1020. The van der Waals surface area contributed by atoms with Crippen LogP contribution in [-0.2, 0) is 20.2 Å². The van der Waals surface area contributed by atoms with Gasteiger partial charge >= 0.3 is 0 Å². The van der Waals surface area contributed by atoms with Gasteiger partial charge in [0.2, 0.25) is 0 Å². The number of hydrogen-bond acceptors (Lipinski definition) is 5. The number of carbonyl (C=O) groups excluding carboxylic acids is 1. The molecule has 7 nitrogen and oxygen atoms in total. The standard InChI is InChI=1S/C22H25ClN4O3/c1-16-11-18(23)3-5-20(16)29-15-19-4-6-21(30-19)22(28)27-9-7-26(8-10-27)14-17-12-24-25(2)13-17/h3-6,11-13H,7-10,14-15H2,1-2H3. The van der Waals surface area contributed by atoms with Gasteiger partial charge in [0.25, 0.3) is 5.91 Å². The second kappa shape index (κ2) is 8.93. The number of ether oxygens (including phenoxy) is 1. The van der Waals surface area contributed by atoms with E-state index in [9.17, 15) is 4.79 Å². The molecule has 0 bridgehead atoms. The highest BCUT2D eigenvalue weighted by Gasteiger charge is 2.24. The average molecular weight is 429 g/mol. The summed E-state index contributed by atoms with van der Waals surface area (Å²) in [7, 11) is 1.92. The highest BCUT2D eigenvalue weighted by molar-refractivity contribution is 6.30. The van der Waals surface area contributed by atoms with Crippen LogP contribution in [0.4, 0.5) is 0 Å². The Kier molecular flexibility index (Phi) is 6.11. The van der Waals surface area contributed by atoms with Crippen molar-refractivity contribution in [2.75, 3.05) is 26.2 Å². The maximum Gasteiger partial charge on any atom is 0.289 e. The Labute approximate surface area is 180 Å². The first-order chi connectivity index (χ1) is 14.5. The van der Waals surface area contributed by atoms with Crippen LogP contribution in [0.5, 0.6) is 5.75 Å². The molecule has 0 unspecified atom stereocenters. The van der Waals surface area contributed by atoms with Crippen LogP contribution >= 0.6 is 11.6 Å². The van der Waals surface area contributed by atoms with E-state index in [1.807, 2.05) is 48.1 Å². The van der Waals surface area contributed by atoms with Gasteiger partial charge in [-0.15, -0.1) is 0 Å². The molecule has 1 aliphatic rings. The van der Waals surface area contributed by atoms with Crippen molar-refractivity contribution in [1.82, 2.24) is 19.6 Å². The van der Waals surface area contributed by atoms with Crippen molar-refractivity contribution < 1.29 is 13.9 Å². The molecular weight excluding hydrogens is 404 g/mol. The topological polar surface area (TPSA) is 63.7 Å². The van der Waals surface area contributed by atoms with Crippen LogP contribution in [-0.4, -0.2) is 51.7 Å². The first-order valence-corrected chi connectivity index (χ1v) is 10.3. The molecule has 2 aromatic heterocycles. The fraction of sp³-hybridized carbons (Fsp3) is 0.364. The summed E-state index contributed by atoms with van der Waals surface area (Å²) in [6.45, 7) is 6.05. The highest BCUT2D eigenvalue weighted by atomic mass is 35.5. The first kappa shape index (κ1) is 20.5. The number of rotatable bonds is 6. The third kappa shape index (κ3) is 4.86. The zero-order valence-electron chi connectivity index (χ0n) is 17.2. The molecule has 1 amide bonds. The van der Waals surface area contributed by atoms with Crippen molar-refractivity contribution in [2.45, 2.75) is 20.1 Å². The first-order valence-electron chi connectivity index (χ1n) is 9.95. The van der Waals surface area contributed by atoms with Crippen LogP contribution in [0.15, 0.2) is 47.1 Å². The Morgan fingerprint density at radius 3 is 2.70 bits per heavy atom. The van der Waals surface area contributed by atoms with Crippen molar-refractivity contribution in [3.05, 3.63) is 70.4 Å². The highest BCUT2D eigenvalue weighted by Crippen LogP contribution is 2.23. The Hall–Kier alpha value is -2.77. The van der Waals surface area contributed by atoms with Crippen molar-refractivity contribution in [2.24, 2.45) is 7.05 Å². The molecule has 30 heavy (non-hydrogen) atoms. The maximum atomic E-state index is 12.8. The van der Waals surface area contributed by atoms with Gasteiger partial charge in [-0.1, -0.05) is 11.6 Å². The molecule has 3 aromatic rings. The number of hydrogen-bond donors (Lipinski definition) is 0. The maximum absolute atomic E-state index is 12.8. The Morgan fingerprint density at radius 2 is 2.00 bits per heavy atom. The van der Waals surface area contributed by atoms with E-state index in [1.165, 1.54) is 5.56 Å². The summed E-state index contributed by atoms with van der Waals surface area (Å²) in [5, 5.41) is 4.88. The van der Waals surface area contributed by atoms with E-state index < -0.39 is 0 Å². The predicted octanol–water partition coefficient (Wildman–Crippen LogP) is 3.51.